The number of rotatable bonds is 10. The number of carbonyl (C=O) groups is 1. The van der Waals surface area contributed by atoms with Crippen molar-refractivity contribution in [1.82, 2.24) is 9.55 Å². The number of aromatic carboxylic acids is 1. The van der Waals surface area contributed by atoms with Crippen LogP contribution in [0.15, 0.2) is 64.9 Å². The molecule has 3 rings (SSSR count). The van der Waals surface area contributed by atoms with E-state index >= 15 is 0 Å². The van der Waals surface area contributed by atoms with Crippen LogP contribution in [0.25, 0.3) is 0 Å². The lowest BCUT2D eigenvalue weighted by atomic mass is 10.2. The molecule has 1 aromatic heterocycles. The summed E-state index contributed by atoms with van der Waals surface area (Å²) in [5.74, 6) is -0.246. The molecule has 2 aromatic carbocycles. The van der Waals surface area contributed by atoms with E-state index in [0.29, 0.717) is 21.7 Å². The van der Waals surface area contributed by atoms with Crippen molar-refractivity contribution in [3.63, 3.8) is 0 Å². The van der Waals surface area contributed by atoms with Crippen molar-refractivity contribution in [2.45, 2.75) is 50.0 Å². The van der Waals surface area contributed by atoms with Crippen LogP contribution in [-0.2, 0) is 20.7 Å². The lowest BCUT2D eigenvalue weighted by Gasteiger charge is -2.23. The topological polar surface area (TPSA) is 99.9 Å². The SMILES string of the molecule is CC(C)OP(=O)(OC(C)C)c1ccc(Oc2cc(Sc3nccn3C)cc(C(=O)O)c2)cc1. The lowest BCUT2D eigenvalue weighted by molar-refractivity contribution is 0.0696. The summed E-state index contributed by atoms with van der Waals surface area (Å²) in [6.07, 6.45) is 2.93. The highest BCUT2D eigenvalue weighted by Gasteiger charge is 2.30. The van der Waals surface area contributed by atoms with Crippen molar-refractivity contribution < 1.29 is 28.3 Å². The Balaban J connectivity index is 1.86. The van der Waals surface area contributed by atoms with E-state index in [-0.39, 0.29) is 17.8 Å². The number of ether oxygens (including phenoxy) is 1. The third-order valence-corrected chi connectivity index (χ3v) is 7.58. The first-order valence-corrected chi connectivity index (χ1v) is 12.7. The normalized spacial score (nSPS) is 11.8. The molecule has 0 saturated carbocycles. The number of aromatic nitrogens is 2. The molecule has 8 nitrogen and oxygen atoms in total. The summed E-state index contributed by atoms with van der Waals surface area (Å²) < 4.78 is 32.3. The minimum absolute atomic E-state index is 0.0981. The Morgan fingerprint density at radius 1 is 1.03 bits per heavy atom. The maximum atomic E-state index is 13.3. The number of carboxylic acids is 1. The maximum Gasteiger partial charge on any atom is 0.361 e. The van der Waals surface area contributed by atoms with Gasteiger partial charge in [-0.05, 0) is 70.2 Å². The van der Waals surface area contributed by atoms with Gasteiger partial charge in [-0.15, -0.1) is 0 Å². The van der Waals surface area contributed by atoms with Gasteiger partial charge >= 0.3 is 13.6 Å². The maximum absolute atomic E-state index is 13.3. The average molecular weight is 491 g/mol. The number of hydrogen-bond donors (Lipinski definition) is 1. The Bertz CT molecular complexity index is 1150. The van der Waals surface area contributed by atoms with E-state index in [1.54, 1.807) is 70.3 Å². The Hall–Kier alpha value is -2.58. The number of imidazole rings is 1. The van der Waals surface area contributed by atoms with Gasteiger partial charge in [0, 0.05) is 24.3 Å². The molecule has 0 fully saturated rings. The Morgan fingerprint density at radius 3 is 2.18 bits per heavy atom. The fraction of sp³-hybridized carbons (Fsp3) is 0.304. The molecule has 0 atom stereocenters. The minimum Gasteiger partial charge on any atom is -0.478 e. The molecule has 0 bridgehead atoms. The van der Waals surface area contributed by atoms with Crippen LogP contribution in [0.5, 0.6) is 11.5 Å². The first kappa shape index (κ1) is 25.1. The third-order valence-electron chi connectivity index (χ3n) is 4.20. The molecule has 33 heavy (non-hydrogen) atoms. The quantitative estimate of drug-likeness (QED) is 0.360. The number of aryl methyl sites for hydroxylation is 1. The number of hydrogen-bond acceptors (Lipinski definition) is 7. The molecule has 0 spiro atoms. The summed E-state index contributed by atoms with van der Waals surface area (Å²) in [5, 5.41) is 10.6. The molecule has 0 saturated heterocycles. The smallest absolute Gasteiger partial charge is 0.361 e. The molecule has 0 unspecified atom stereocenters. The molecule has 1 heterocycles. The van der Waals surface area contributed by atoms with Crippen LogP contribution in [0.1, 0.15) is 38.1 Å². The van der Waals surface area contributed by atoms with E-state index in [0.717, 1.165) is 5.16 Å². The van der Waals surface area contributed by atoms with Gasteiger partial charge in [0.2, 0.25) is 0 Å². The fourth-order valence-electron chi connectivity index (χ4n) is 2.90. The molecular formula is C23H27N2O6PS. The Labute approximate surface area is 197 Å². The Kier molecular flexibility index (Phi) is 8.02. The number of carboxylic acid groups (broad SMARTS) is 1. The third kappa shape index (κ3) is 6.71. The van der Waals surface area contributed by atoms with Crippen LogP contribution in [0.2, 0.25) is 0 Å². The monoisotopic (exact) mass is 490 g/mol. The van der Waals surface area contributed by atoms with Crippen molar-refractivity contribution in [3.8, 4) is 11.5 Å². The highest BCUT2D eigenvalue weighted by molar-refractivity contribution is 7.99. The average Bonchev–Trinajstić information content (AvgIpc) is 3.11. The Morgan fingerprint density at radius 2 is 1.67 bits per heavy atom. The van der Waals surface area contributed by atoms with Crippen LogP contribution in [-0.4, -0.2) is 32.8 Å². The number of benzene rings is 2. The zero-order chi connectivity index (χ0) is 24.2. The zero-order valence-corrected chi connectivity index (χ0v) is 20.8. The molecule has 0 radical (unpaired) electrons. The second kappa shape index (κ2) is 10.6. The van der Waals surface area contributed by atoms with E-state index in [1.165, 1.54) is 17.8 Å². The molecule has 0 aliphatic heterocycles. The molecule has 10 heteroatoms. The summed E-state index contributed by atoms with van der Waals surface area (Å²) in [6, 6.07) is 11.3. The standard InChI is InChI=1S/C23H27N2O6PS/c1-15(2)30-32(28,31-16(3)4)20-8-6-18(7-9-20)29-19-12-17(22(26)27)13-21(14-19)33-23-24-10-11-25(23)5/h6-16H,1-5H3,(H,26,27). The number of nitrogens with zero attached hydrogens (tertiary/aromatic N) is 2. The molecule has 1 N–H and O–H groups in total. The van der Waals surface area contributed by atoms with Gasteiger partial charge in [-0.2, -0.15) is 0 Å². The second-order valence-corrected chi connectivity index (χ2v) is 10.8. The van der Waals surface area contributed by atoms with Crippen LogP contribution >= 0.6 is 19.4 Å². The minimum atomic E-state index is -3.50. The fourth-order valence-corrected chi connectivity index (χ4v) is 5.71. The summed E-state index contributed by atoms with van der Waals surface area (Å²) in [4.78, 5) is 16.6. The van der Waals surface area contributed by atoms with Gasteiger partial charge in [0.05, 0.1) is 23.1 Å². The predicted molar refractivity (Wildman–Crippen MR) is 127 cm³/mol. The van der Waals surface area contributed by atoms with E-state index < -0.39 is 13.6 Å². The van der Waals surface area contributed by atoms with Gasteiger partial charge < -0.3 is 23.5 Å². The van der Waals surface area contributed by atoms with Gasteiger partial charge in [-0.1, -0.05) is 11.8 Å². The predicted octanol–water partition coefficient (Wildman–Crippen LogP) is 5.73. The van der Waals surface area contributed by atoms with Crippen molar-refractivity contribution in [3.05, 3.63) is 60.4 Å². The van der Waals surface area contributed by atoms with Gasteiger partial charge in [-0.3, -0.25) is 4.57 Å². The van der Waals surface area contributed by atoms with Crippen molar-refractivity contribution in [2.75, 3.05) is 0 Å². The van der Waals surface area contributed by atoms with Gasteiger partial charge in [0.25, 0.3) is 0 Å². The van der Waals surface area contributed by atoms with E-state index in [1.807, 2.05) is 17.8 Å². The van der Waals surface area contributed by atoms with Crippen molar-refractivity contribution >= 4 is 30.6 Å². The molecule has 0 aliphatic carbocycles. The van der Waals surface area contributed by atoms with E-state index in [2.05, 4.69) is 4.98 Å². The van der Waals surface area contributed by atoms with Crippen LogP contribution in [0.3, 0.4) is 0 Å². The molecule has 176 valence electrons. The summed E-state index contributed by atoms with van der Waals surface area (Å²) >= 11 is 1.33. The summed E-state index contributed by atoms with van der Waals surface area (Å²) in [7, 11) is -1.64. The van der Waals surface area contributed by atoms with Crippen molar-refractivity contribution in [1.29, 1.82) is 0 Å². The molecule has 3 aromatic rings. The largest absolute Gasteiger partial charge is 0.478 e. The highest BCUT2D eigenvalue weighted by Crippen LogP contribution is 2.49. The van der Waals surface area contributed by atoms with Gasteiger partial charge in [0.1, 0.15) is 11.5 Å². The summed E-state index contributed by atoms with van der Waals surface area (Å²) in [6.45, 7) is 7.18. The lowest BCUT2D eigenvalue weighted by Crippen LogP contribution is -2.16. The second-order valence-electron chi connectivity index (χ2n) is 7.82. The van der Waals surface area contributed by atoms with Gasteiger partial charge in [-0.25, -0.2) is 9.78 Å². The van der Waals surface area contributed by atoms with Crippen LogP contribution in [0, 0.1) is 0 Å². The van der Waals surface area contributed by atoms with Crippen LogP contribution < -0.4 is 10.0 Å². The highest BCUT2D eigenvalue weighted by atomic mass is 32.2. The zero-order valence-electron chi connectivity index (χ0n) is 19.1. The molecular weight excluding hydrogens is 463 g/mol. The van der Waals surface area contributed by atoms with Crippen molar-refractivity contribution in [2.24, 2.45) is 7.05 Å². The summed E-state index contributed by atoms with van der Waals surface area (Å²) in [5.41, 5.74) is 0.0981. The van der Waals surface area contributed by atoms with Gasteiger partial charge in [0.15, 0.2) is 5.16 Å². The first-order chi connectivity index (χ1) is 15.6. The molecule has 0 aliphatic rings. The molecule has 0 amide bonds. The van der Waals surface area contributed by atoms with E-state index in [4.69, 9.17) is 13.8 Å². The first-order valence-electron chi connectivity index (χ1n) is 10.3. The van der Waals surface area contributed by atoms with E-state index in [9.17, 15) is 14.5 Å². The van der Waals surface area contributed by atoms with Crippen LogP contribution in [0.4, 0.5) is 0 Å².